The minimum atomic E-state index is -3.24. The summed E-state index contributed by atoms with van der Waals surface area (Å²) in [4.78, 5) is 16.8. The molecule has 2 aromatic rings. The van der Waals surface area contributed by atoms with Gasteiger partial charge in [0.25, 0.3) is 0 Å². The summed E-state index contributed by atoms with van der Waals surface area (Å²) in [7, 11) is -3.24. The van der Waals surface area contributed by atoms with E-state index >= 15 is 0 Å². The van der Waals surface area contributed by atoms with Gasteiger partial charge in [-0.05, 0) is 75.2 Å². The number of hydrogen-bond donors (Lipinski definition) is 0. The summed E-state index contributed by atoms with van der Waals surface area (Å²) in [5, 5.41) is 0. The largest absolute Gasteiger partial charge is 0.491 e. The van der Waals surface area contributed by atoms with Crippen LogP contribution in [0.25, 0.3) is 0 Å². The Balaban J connectivity index is 1.68. The van der Waals surface area contributed by atoms with Gasteiger partial charge < -0.3 is 14.5 Å². The first-order valence-corrected chi connectivity index (χ1v) is 12.1. The van der Waals surface area contributed by atoms with E-state index in [1.54, 1.807) is 4.90 Å². The maximum absolute atomic E-state index is 13.2. The van der Waals surface area contributed by atoms with Gasteiger partial charge >= 0.3 is 0 Å². The van der Waals surface area contributed by atoms with Gasteiger partial charge in [-0.3, -0.25) is 4.79 Å². The lowest BCUT2D eigenvalue weighted by Gasteiger charge is -2.44. The fourth-order valence-electron chi connectivity index (χ4n) is 4.36. The van der Waals surface area contributed by atoms with Crippen molar-refractivity contribution in [2.45, 2.75) is 45.9 Å². The normalized spacial score (nSPS) is 23.0. The van der Waals surface area contributed by atoms with Crippen molar-refractivity contribution in [1.82, 2.24) is 0 Å². The van der Waals surface area contributed by atoms with Gasteiger partial charge in [0.2, 0.25) is 5.91 Å². The van der Waals surface area contributed by atoms with Crippen molar-refractivity contribution >= 4 is 27.1 Å². The van der Waals surface area contributed by atoms with Gasteiger partial charge in [-0.1, -0.05) is 6.07 Å². The zero-order valence-electron chi connectivity index (χ0n) is 17.8. The Morgan fingerprint density at radius 1 is 0.933 bits per heavy atom. The van der Waals surface area contributed by atoms with Crippen LogP contribution in [0.1, 0.15) is 25.0 Å². The first kappa shape index (κ1) is 20.7. The number of amides is 1. The second-order valence-corrected chi connectivity index (χ2v) is 10.7. The summed E-state index contributed by atoms with van der Waals surface area (Å²) in [6.45, 7) is 8.10. The quantitative estimate of drug-likeness (QED) is 0.749. The number of carbonyl (C=O) groups excluding carboxylic acids is 1. The van der Waals surface area contributed by atoms with E-state index in [1.165, 1.54) is 0 Å². The van der Waals surface area contributed by atoms with Gasteiger partial charge in [0, 0.05) is 11.4 Å². The van der Waals surface area contributed by atoms with Gasteiger partial charge in [0.1, 0.15) is 5.75 Å². The highest BCUT2D eigenvalue weighted by atomic mass is 32.2. The van der Waals surface area contributed by atoms with E-state index in [2.05, 4.69) is 0 Å². The molecule has 7 heteroatoms. The maximum Gasteiger partial charge on any atom is 0.246 e. The van der Waals surface area contributed by atoms with E-state index in [4.69, 9.17) is 4.74 Å². The number of hydrogen-bond acceptors (Lipinski definition) is 5. The van der Waals surface area contributed by atoms with Crippen molar-refractivity contribution < 1.29 is 17.9 Å². The Labute approximate surface area is 178 Å². The molecular weight excluding hydrogens is 400 g/mol. The van der Waals surface area contributed by atoms with Crippen LogP contribution >= 0.6 is 0 Å². The molecule has 2 aliphatic heterocycles. The lowest BCUT2D eigenvalue weighted by atomic mass is 10.0. The number of benzene rings is 2. The van der Waals surface area contributed by atoms with Crippen molar-refractivity contribution in [3.8, 4) is 5.75 Å². The molecule has 2 aliphatic rings. The highest BCUT2D eigenvalue weighted by Gasteiger charge is 2.50. The molecule has 2 heterocycles. The second kappa shape index (κ2) is 7.61. The molecule has 0 saturated carbocycles. The molecule has 4 rings (SSSR count). The summed E-state index contributed by atoms with van der Waals surface area (Å²) in [5.74, 6) is 0.710. The van der Waals surface area contributed by atoms with E-state index in [1.807, 2.05) is 75.1 Å². The zero-order chi connectivity index (χ0) is 21.6. The number of anilines is 2. The Morgan fingerprint density at radius 3 is 2.20 bits per heavy atom. The molecule has 1 amide bonds. The molecule has 0 unspecified atom stereocenters. The van der Waals surface area contributed by atoms with E-state index in [0.717, 1.165) is 28.3 Å². The number of nitrogens with zero attached hydrogens (tertiary/aromatic N) is 2. The molecule has 0 N–H and O–H groups in total. The molecule has 0 aliphatic carbocycles. The third-order valence-corrected chi connectivity index (χ3v) is 7.61. The number of ether oxygens (including phenoxy) is 1. The molecule has 2 atom stereocenters. The molecule has 160 valence electrons. The standard InChI is InChI=1S/C23H28N2O4S/c1-15(2)29-20-9-7-18(8-10-20)24-12-23(26)25(19-6-5-16(3)17(4)11-19)22-14-30(27,28)13-21(22)24/h5-11,15,21-22H,12-14H2,1-4H3/t21-,22-/m1/s1. The van der Waals surface area contributed by atoms with Gasteiger partial charge in [-0.15, -0.1) is 0 Å². The number of rotatable bonds is 4. The third-order valence-electron chi connectivity index (χ3n) is 5.91. The monoisotopic (exact) mass is 428 g/mol. The predicted octanol–water partition coefficient (Wildman–Crippen LogP) is 3.11. The molecule has 0 bridgehead atoms. The summed E-state index contributed by atoms with van der Waals surface area (Å²) in [6, 6.07) is 12.7. The lowest BCUT2D eigenvalue weighted by molar-refractivity contribution is -0.118. The highest BCUT2D eigenvalue weighted by molar-refractivity contribution is 7.91. The van der Waals surface area contributed by atoms with Crippen LogP contribution in [0.4, 0.5) is 11.4 Å². The molecule has 0 spiro atoms. The van der Waals surface area contributed by atoms with Crippen LogP contribution in [0.15, 0.2) is 42.5 Å². The van der Waals surface area contributed by atoms with Crippen molar-refractivity contribution in [1.29, 1.82) is 0 Å². The predicted molar refractivity (Wildman–Crippen MR) is 119 cm³/mol. The van der Waals surface area contributed by atoms with Gasteiger partial charge in [-0.25, -0.2) is 8.42 Å². The molecule has 2 fully saturated rings. The number of carbonyl (C=O) groups is 1. The smallest absolute Gasteiger partial charge is 0.246 e. The fraction of sp³-hybridized carbons (Fsp3) is 0.435. The fourth-order valence-corrected chi connectivity index (χ4v) is 6.31. The Bertz CT molecular complexity index is 1060. The molecule has 0 aromatic heterocycles. The summed E-state index contributed by atoms with van der Waals surface area (Å²) < 4.78 is 30.8. The van der Waals surface area contributed by atoms with Crippen LogP contribution in [0.5, 0.6) is 5.75 Å². The highest BCUT2D eigenvalue weighted by Crippen LogP contribution is 2.35. The molecule has 6 nitrogen and oxygen atoms in total. The van der Waals surface area contributed by atoms with E-state index in [-0.39, 0.29) is 36.1 Å². The third kappa shape index (κ3) is 3.90. The van der Waals surface area contributed by atoms with Gasteiger partial charge in [-0.2, -0.15) is 0 Å². The van der Waals surface area contributed by atoms with Crippen LogP contribution in [0.3, 0.4) is 0 Å². The van der Waals surface area contributed by atoms with Gasteiger partial charge in [0.15, 0.2) is 9.84 Å². The minimum absolute atomic E-state index is 0.0125. The first-order valence-electron chi connectivity index (χ1n) is 10.3. The number of piperazine rings is 1. The summed E-state index contributed by atoms with van der Waals surface area (Å²) >= 11 is 0. The van der Waals surface area contributed by atoms with Crippen LogP contribution in [-0.2, 0) is 14.6 Å². The lowest BCUT2D eigenvalue weighted by Crippen LogP contribution is -2.62. The SMILES string of the molecule is Cc1ccc(N2C(=O)CN(c3ccc(OC(C)C)cc3)[C@@H]3CS(=O)(=O)C[C@H]32)cc1C. The number of fused-ring (bicyclic) bond motifs is 1. The molecule has 2 aromatic carbocycles. The van der Waals surface area contributed by atoms with Crippen molar-refractivity contribution in [3.63, 3.8) is 0 Å². The molecule has 30 heavy (non-hydrogen) atoms. The first-order chi connectivity index (χ1) is 14.1. The van der Waals surface area contributed by atoms with Crippen molar-refractivity contribution in [2.75, 3.05) is 27.9 Å². The topological polar surface area (TPSA) is 66.9 Å². The second-order valence-electron chi connectivity index (χ2n) is 8.53. The zero-order valence-corrected chi connectivity index (χ0v) is 18.6. The minimum Gasteiger partial charge on any atom is -0.491 e. The Kier molecular flexibility index (Phi) is 5.26. The molecule has 0 radical (unpaired) electrons. The maximum atomic E-state index is 13.2. The van der Waals surface area contributed by atoms with E-state index in [0.29, 0.717) is 0 Å². The number of sulfone groups is 1. The Morgan fingerprint density at radius 2 is 1.57 bits per heavy atom. The average molecular weight is 429 g/mol. The molecular formula is C23H28N2O4S. The van der Waals surface area contributed by atoms with E-state index in [9.17, 15) is 13.2 Å². The van der Waals surface area contributed by atoms with Gasteiger partial charge in [0.05, 0.1) is 36.2 Å². The average Bonchev–Trinajstić information content (AvgIpc) is 2.98. The van der Waals surface area contributed by atoms with Crippen LogP contribution in [-0.4, -0.2) is 50.6 Å². The van der Waals surface area contributed by atoms with Crippen molar-refractivity contribution in [3.05, 3.63) is 53.6 Å². The van der Waals surface area contributed by atoms with Crippen LogP contribution in [0, 0.1) is 13.8 Å². The van der Waals surface area contributed by atoms with Crippen molar-refractivity contribution in [2.24, 2.45) is 0 Å². The number of aryl methyl sites for hydroxylation is 2. The van der Waals surface area contributed by atoms with Crippen LogP contribution in [0.2, 0.25) is 0 Å². The summed E-state index contributed by atoms with van der Waals surface area (Å²) in [5.41, 5.74) is 3.84. The molecule has 2 saturated heterocycles. The summed E-state index contributed by atoms with van der Waals surface area (Å²) in [6.07, 6.45) is 0.0725. The van der Waals surface area contributed by atoms with Crippen LogP contribution < -0.4 is 14.5 Å². The Hall–Kier alpha value is -2.54. The van der Waals surface area contributed by atoms with E-state index < -0.39 is 15.9 Å².